The monoisotopic (exact) mass is 331 g/mol. The van der Waals surface area contributed by atoms with Crippen molar-refractivity contribution in [3.63, 3.8) is 0 Å². The molecule has 3 rings (SSSR count). The summed E-state index contributed by atoms with van der Waals surface area (Å²) in [6, 6.07) is 1.92. The van der Waals surface area contributed by atoms with Crippen LogP contribution in [-0.4, -0.2) is 35.3 Å². The van der Waals surface area contributed by atoms with Crippen molar-refractivity contribution in [2.24, 2.45) is 0 Å². The van der Waals surface area contributed by atoms with Crippen LogP contribution in [-0.2, 0) is 4.74 Å². The molecule has 0 bridgehead atoms. The van der Waals surface area contributed by atoms with Gasteiger partial charge in [-0.15, -0.1) is 0 Å². The molecule has 0 N–H and O–H groups in total. The molecule has 0 unspecified atom stereocenters. The maximum absolute atomic E-state index is 5.88. The lowest BCUT2D eigenvalue weighted by Gasteiger charge is -2.48. The third-order valence-electron chi connectivity index (χ3n) is 3.40. The lowest BCUT2D eigenvalue weighted by atomic mass is 9.79. The first-order chi connectivity index (χ1) is 7.77. The summed E-state index contributed by atoms with van der Waals surface area (Å²) >= 11 is 2.22. The van der Waals surface area contributed by atoms with Crippen molar-refractivity contribution >= 4 is 28.5 Å². The molecule has 0 radical (unpaired) electrons. The molecule has 1 aromatic heterocycles. The Morgan fingerprint density at radius 2 is 2.31 bits per heavy atom. The van der Waals surface area contributed by atoms with Crippen LogP contribution in [0.5, 0.6) is 0 Å². The minimum absolute atomic E-state index is 0.114. The second-order valence-corrected chi connectivity index (χ2v) is 5.59. The maximum atomic E-state index is 5.88. The fourth-order valence-electron chi connectivity index (χ4n) is 2.37. The predicted octanol–water partition coefficient (Wildman–Crippen LogP) is 1.84. The average molecular weight is 331 g/mol. The summed E-state index contributed by atoms with van der Waals surface area (Å²) in [4.78, 5) is 11.1. The average Bonchev–Trinajstić information content (AvgIpc) is 2.27. The second kappa shape index (κ2) is 4.10. The Morgan fingerprint density at radius 3 is 3.00 bits per heavy atom. The quantitative estimate of drug-likeness (QED) is 0.581. The first-order valence-electron chi connectivity index (χ1n) is 5.65. The molecule has 1 saturated heterocycles. The van der Waals surface area contributed by atoms with Crippen molar-refractivity contribution in [3.8, 4) is 0 Å². The highest BCUT2D eigenvalue weighted by Crippen LogP contribution is 2.38. The number of anilines is 1. The molecule has 1 aliphatic carbocycles. The highest BCUT2D eigenvalue weighted by atomic mass is 127. The van der Waals surface area contributed by atoms with Crippen molar-refractivity contribution in [1.82, 2.24) is 9.97 Å². The van der Waals surface area contributed by atoms with Crippen molar-refractivity contribution in [2.75, 3.05) is 24.6 Å². The van der Waals surface area contributed by atoms with E-state index >= 15 is 0 Å². The Hall–Kier alpha value is -0.430. The van der Waals surface area contributed by atoms with E-state index in [9.17, 15) is 0 Å². The van der Waals surface area contributed by atoms with E-state index in [0.717, 1.165) is 29.3 Å². The van der Waals surface area contributed by atoms with Gasteiger partial charge < -0.3 is 9.64 Å². The normalized spacial score (nSPS) is 23.2. The minimum atomic E-state index is 0.114. The molecule has 0 atom stereocenters. The molecule has 1 aliphatic heterocycles. The van der Waals surface area contributed by atoms with E-state index in [2.05, 4.69) is 37.5 Å². The van der Waals surface area contributed by atoms with Gasteiger partial charge in [0, 0.05) is 19.3 Å². The van der Waals surface area contributed by atoms with Crippen LogP contribution < -0.4 is 4.90 Å². The summed E-state index contributed by atoms with van der Waals surface area (Å²) < 4.78 is 6.88. The summed E-state index contributed by atoms with van der Waals surface area (Å²) in [6.45, 7) is 2.66. The Kier molecular flexibility index (Phi) is 2.75. The van der Waals surface area contributed by atoms with Gasteiger partial charge in [0.05, 0.1) is 12.2 Å². The van der Waals surface area contributed by atoms with E-state index in [4.69, 9.17) is 4.74 Å². The number of nitrogens with zero attached hydrogens (tertiary/aromatic N) is 3. The van der Waals surface area contributed by atoms with Gasteiger partial charge in [-0.3, -0.25) is 0 Å². The van der Waals surface area contributed by atoms with Gasteiger partial charge in [-0.25, -0.2) is 9.97 Å². The number of hydrogen-bond donors (Lipinski definition) is 0. The summed E-state index contributed by atoms with van der Waals surface area (Å²) in [5.41, 5.74) is 0.114. The van der Waals surface area contributed by atoms with Crippen molar-refractivity contribution in [1.29, 1.82) is 0 Å². The van der Waals surface area contributed by atoms with Gasteiger partial charge in [0.15, 0.2) is 0 Å². The van der Waals surface area contributed by atoms with Crippen molar-refractivity contribution in [3.05, 3.63) is 16.0 Å². The highest BCUT2D eigenvalue weighted by molar-refractivity contribution is 14.1. The molecule has 5 heteroatoms. The van der Waals surface area contributed by atoms with E-state index in [1.165, 1.54) is 19.3 Å². The van der Waals surface area contributed by atoms with Crippen LogP contribution in [0.4, 0.5) is 5.95 Å². The van der Waals surface area contributed by atoms with E-state index in [-0.39, 0.29) is 5.60 Å². The van der Waals surface area contributed by atoms with Gasteiger partial charge in [-0.1, -0.05) is 0 Å². The van der Waals surface area contributed by atoms with Crippen LogP contribution in [0.15, 0.2) is 12.3 Å². The number of aromatic nitrogens is 2. The SMILES string of the molecule is Ic1ccnc(N2CCOC3(CCC3)C2)n1. The first-order valence-corrected chi connectivity index (χ1v) is 6.73. The molecule has 4 nitrogen and oxygen atoms in total. The third kappa shape index (κ3) is 1.90. The van der Waals surface area contributed by atoms with Crippen LogP contribution in [0.1, 0.15) is 19.3 Å². The zero-order valence-corrected chi connectivity index (χ0v) is 11.2. The topological polar surface area (TPSA) is 38.2 Å². The standard InChI is InChI=1S/C11H14IN3O/c12-9-2-5-13-10(14-9)15-6-7-16-11(8-15)3-1-4-11/h2,5H,1,3-4,6-8H2. The molecule has 2 heterocycles. The number of halogens is 1. The first kappa shape index (κ1) is 10.7. The number of hydrogen-bond acceptors (Lipinski definition) is 4. The van der Waals surface area contributed by atoms with Crippen LogP contribution >= 0.6 is 22.6 Å². The molecule has 0 aromatic carbocycles. The zero-order chi connectivity index (χ0) is 11.0. The van der Waals surface area contributed by atoms with E-state index < -0.39 is 0 Å². The fourth-order valence-corrected chi connectivity index (χ4v) is 2.75. The molecule has 2 fully saturated rings. The summed E-state index contributed by atoms with van der Waals surface area (Å²) in [5.74, 6) is 0.849. The second-order valence-electron chi connectivity index (χ2n) is 4.49. The zero-order valence-electron chi connectivity index (χ0n) is 9.03. The van der Waals surface area contributed by atoms with Gasteiger partial charge in [0.2, 0.25) is 5.95 Å². The van der Waals surface area contributed by atoms with Gasteiger partial charge in [-0.05, 0) is 47.9 Å². The largest absolute Gasteiger partial charge is 0.371 e. The Labute approximate surface area is 109 Å². The van der Waals surface area contributed by atoms with Crippen LogP contribution in [0.3, 0.4) is 0 Å². The molecule has 16 heavy (non-hydrogen) atoms. The van der Waals surface area contributed by atoms with Gasteiger partial charge in [0.1, 0.15) is 3.70 Å². The highest BCUT2D eigenvalue weighted by Gasteiger charge is 2.42. The third-order valence-corrected chi connectivity index (χ3v) is 4.01. The number of ether oxygens (including phenoxy) is 1. The lowest BCUT2D eigenvalue weighted by molar-refractivity contribution is -0.107. The van der Waals surface area contributed by atoms with E-state index in [1.807, 2.05) is 12.3 Å². The van der Waals surface area contributed by atoms with Gasteiger partial charge in [-0.2, -0.15) is 0 Å². The summed E-state index contributed by atoms with van der Waals surface area (Å²) in [6.07, 6.45) is 5.49. The van der Waals surface area contributed by atoms with Crippen LogP contribution in [0.2, 0.25) is 0 Å². The van der Waals surface area contributed by atoms with E-state index in [0.29, 0.717) is 0 Å². The Morgan fingerprint density at radius 1 is 1.44 bits per heavy atom. The Balaban J connectivity index is 1.79. The summed E-state index contributed by atoms with van der Waals surface area (Å²) in [5, 5.41) is 0. The molecule has 2 aliphatic rings. The molecule has 0 amide bonds. The number of morpholine rings is 1. The Bertz CT molecular complexity index is 395. The lowest BCUT2D eigenvalue weighted by Crippen LogP contribution is -2.56. The van der Waals surface area contributed by atoms with Crippen molar-refractivity contribution < 1.29 is 4.74 Å². The van der Waals surface area contributed by atoms with Crippen LogP contribution in [0.25, 0.3) is 0 Å². The van der Waals surface area contributed by atoms with E-state index in [1.54, 1.807) is 0 Å². The summed E-state index contributed by atoms with van der Waals surface area (Å²) in [7, 11) is 0. The number of rotatable bonds is 1. The molecular weight excluding hydrogens is 317 g/mol. The molecule has 1 spiro atoms. The molecule has 1 aromatic rings. The molecule has 86 valence electrons. The van der Waals surface area contributed by atoms with Gasteiger partial charge >= 0.3 is 0 Å². The van der Waals surface area contributed by atoms with Gasteiger partial charge in [0.25, 0.3) is 0 Å². The molecular formula is C11H14IN3O. The minimum Gasteiger partial charge on any atom is -0.371 e. The smallest absolute Gasteiger partial charge is 0.226 e. The van der Waals surface area contributed by atoms with Crippen molar-refractivity contribution in [2.45, 2.75) is 24.9 Å². The van der Waals surface area contributed by atoms with Crippen LogP contribution in [0, 0.1) is 3.70 Å². The predicted molar refractivity (Wildman–Crippen MR) is 69.5 cm³/mol. The fraction of sp³-hybridized carbons (Fsp3) is 0.636. The molecule has 1 saturated carbocycles. The maximum Gasteiger partial charge on any atom is 0.226 e.